The van der Waals surface area contributed by atoms with Gasteiger partial charge >= 0.3 is 11.9 Å². The second kappa shape index (κ2) is 7.49. The number of hydrogen-bond donors (Lipinski definition) is 2. The lowest BCUT2D eigenvalue weighted by molar-refractivity contribution is -0.151. The molecule has 0 radical (unpaired) electrons. The van der Waals surface area contributed by atoms with E-state index < -0.39 is 17.4 Å². The average molecular weight is 338 g/mol. The van der Waals surface area contributed by atoms with Crippen molar-refractivity contribution < 1.29 is 24.6 Å². The molecule has 2 N–H and O–H groups in total. The molecular weight excluding hydrogens is 308 g/mol. The van der Waals surface area contributed by atoms with Crippen LogP contribution in [0.25, 0.3) is 0 Å². The Morgan fingerprint density at radius 2 is 1.75 bits per heavy atom. The van der Waals surface area contributed by atoms with E-state index in [9.17, 15) is 19.5 Å². The van der Waals surface area contributed by atoms with Crippen molar-refractivity contribution in [3.05, 3.63) is 11.6 Å². The van der Waals surface area contributed by atoms with Crippen molar-refractivity contribution >= 4 is 17.7 Å². The van der Waals surface area contributed by atoms with Gasteiger partial charge in [0.2, 0.25) is 0 Å². The lowest BCUT2D eigenvalue weighted by Gasteiger charge is -2.54. The Hall–Kier alpha value is -1.65. The van der Waals surface area contributed by atoms with E-state index in [1.165, 1.54) is 6.08 Å². The van der Waals surface area contributed by atoms with E-state index in [0.29, 0.717) is 19.3 Å². The van der Waals surface area contributed by atoms with Crippen LogP contribution in [0.3, 0.4) is 0 Å². The zero-order chi connectivity index (χ0) is 18.7. The molecule has 0 aromatic rings. The van der Waals surface area contributed by atoms with E-state index in [0.717, 1.165) is 12.0 Å². The highest BCUT2D eigenvalue weighted by molar-refractivity contribution is 5.83. The first-order valence-corrected chi connectivity index (χ1v) is 8.56. The summed E-state index contributed by atoms with van der Waals surface area (Å²) in [7, 11) is 0. The molecule has 0 unspecified atom stereocenters. The molecular formula is C19H30O5. The first-order chi connectivity index (χ1) is 10.9. The third kappa shape index (κ3) is 4.25. The Morgan fingerprint density at radius 1 is 1.17 bits per heavy atom. The molecule has 5 nitrogen and oxygen atoms in total. The van der Waals surface area contributed by atoms with Crippen LogP contribution in [0, 0.1) is 22.7 Å². The van der Waals surface area contributed by atoms with E-state index in [1.807, 2.05) is 6.92 Å². The van der Waals surface area contributed by atoms with Crippen LogP contribution in [-0.2, 0) is 14.4 Å². The number of aliphatic carboxylic acids is 2. The number of hydrogen-bond acceptors (Lipinski definition) is 3. The summed E-state index contributed by atoms with van der Waals surface area (Å²) in [5.74, 6) is -1.77. The third-order valence-corrected chi connectivity index (χ3v) is 6.40. The van der Waals surface area contributed by atoms with Gasteiger partial charge in [-0.1, -0.05) is 26.3 Å². The number of Topliss-reactive ketones (excluding diaryl/α,β-unsaturated/α-hetero) is 1. The molecule has 1 aliphatic rings. The molecule has 0 amide bonds. The van der Waals surface area contributed by atoms with Crippen LogP contribution in [0.4, 0.5) is 0 Å². The predicted molar refractivity (Wildman–Crippen MR) is 91.7 cm³/mol. The molecule has 1 saturated carbocycles. The maximum atomic E-state index is 12.3. The van der Waals surface area contributed by atoms with Gasteiger partial charge < -0.3 is 10.2 Å². The second-order valence-electron chi connectivity index (χ2n) is 7.90. The van der Waals surface area contributed by atoms with Gasteiger partial charge in [-0.05, 0) is 56.8 Å². The van der Waals surface area contributed by atoms with Gasteiger partial charge in [0.15, 0.2) is 0 Å². The minimum atomic E-state index is -0.968. The van der Waals surface area contributed by atoms with Crippen molar-refractivity contribution in [1.29, 1.82) is 0 Å². The summed E-state index contributed by atoms with van der Waals surface area (Å²) in [6, 6.07) is 0. The van der Waals surface area contributed by atoms with Crippen molar-refractivity contribution in [2.45, 2.75) is 66.7 Å². The summed E-state index contributed by atoms with van der Waals surface area (Å²) >= 11 is 0. The fourth-order valence-electron chi connectivity index (χ4n) is 4.32. The lowest BCUT2D eigenvalue weighted by atomic mass is 9.49. The molecule has 24 heavy (non-hydrogen) atoms. The lowest BCUT2D eigenvalue weighted by Crippen LogP contribution is -2.51. The molecule has 4 atom stereocenters. The molecule has 5 heteroatoms. The highest BCUT2D eigenvalue weighted by Crippen LogP contribution is 2.58. The smallest absolute Gasteiger partial charge is 0.328 e. The number of carbonyl (C=O) groups is 3. The highest BCUT2D eigenvalue weighted by Gasteiger charge is 2.54. The molecule has 0 aromatic heterocycles. The maximum absolute atomic E-state index is 12.3. The number of carbonyl (C=O) groups excluding carboxylic acids is 1. The van der Waals surface area contributed by atoms with Crippen molar-refractivity contribution in [2.24, 2.45) is 22.7 Å². The van der Waals surface area contributed by atoms with Gasteiger partial charge in [0, 0.05) is 17.9 Å². The summed E-state index contributed by atoms with van der Waals surface area (Å²) in [6.07, 6.45) is 4.04. The zero-order valence-corrected chi connectivity index (χ0v) is 15.4. The van der Waals surface area contributed by atoms with Crippen LogP contribution in [0.1, 0.15) is 66.7 Å². The molecule has 1 rings (SSSR count). The predicted octanol–water partition coefficient (Wildman–Crippen LogP) is 3.92. The van der Waals surface area contributed by atoms with Crippen molar-refractivity contribution in [3.63, 3.8) is 0 Å². The summed E-state index contributed by atoms with van der Waals surface area (Å²) in [5, 5.41) is 18.3. The standard InChI is InChI=1S/C19H30O5/c1-12(10-16(21)22)6-8-18(4)13(2)7-9-19(5,14(3)20)15(18)11-17(23)24/h10,13,15H,6-9,11H2,1-5H3,(H,21,22)(H,23,24)/b12-10+/t13-,15-,18+,19+/m1/s1. The number of carboxylic acid groups (broad SMARTS) is 2. The molecule has 0 saturated heterocycles. The molecule has 0 bridgehead atoms. The Morgan fingerprint density at radius 3 is 2.21 bits per heavy atom. The first kappa shape index (κ1) is 20.4. The van der Waals surface area contributed by atoms with Gasteiger partial charge in [0.1, 0.15) is 5.78 Å². The van der Waals surface area contributed by atoms with Crippen LogP contribution in [0.15, 0.2) is 11.6 Å². The van der Waals surface area contributed by atoms with Crippen molar-refractivity contribution in [2.75, 3.05) is 0 Å². The Bertz CT molecular complexity index is 550. The number of carboxylic acids is 2. The Balaban J connectivity index is 3.18. The topological polar surface area (TPSA) is 91.7 Å². The molecule has 1 aliphatic carbocycles. The van der Waals surface area contributed by atoms with Gasteiger partial charge in [-0.15, -0.1) is 0 Å². The number of allylic oxidation sites excluding steroid dienone is 1. The zero-order valence-electron chi connectivity index (χ0n) is 15.4. The summed E-state index contributed by atoms with van der Waals surface area (Å²) in [6.45, 7) is 9.42. The van der Waals surface area contributed by atoms with Crippen LogP contribution < -0.4 is 0 Å². The van der Waals surface area contributed by atoms with E-state index in [1.54, 1.807) is 13.8 Å². The SMILES string of the molecule is CC(=O)[C@]1(C)CC[C@@H](C)[C@](C)(CC/C(C)=C/C(=O)O)[C@H]1CC(=O)O. The van der Waals surface area contributed by atoms with E-state index >= 15 is 0 Å². The second-order valence-corrected chi connectivity index (χ2v) is 7.90. The molecule has 0 heterocycles. The van der Waals surface area contributed by atoms with Crippen LogP contribution >= 0.6 is 0 Å². The van der Waals surface area contributed by atoms with E-state index in [-0.39, 0.29) is 29.5 Å². The molecule has 136 valence electrons. The number of ketones is 1. The van der Waals surface area contributed by atoms with Crippen LogP contribution in [-0.4, -0.2) is 27.9 Å². The van der Waals surface area contributed by atoms with Crippen LogP contribution in [0.2, 0.25) is 0 Å². The van der Waals surface area contributed by atoms with Crippen molar-refractivity contribution in [3.8, 4) is 0 Å². The van der Waals surface area contributed by atoms with E-state index in [2.05, 4.69) is 13.8 Å². The fourth-order valence-corrected chi connectivity index (χ4v) is 4.32. The van der Waals surface area contributed by atoms with Gasteiger partial charge in [0.25, 0.3) is 0 Å². The largest absolute Gasteiger partial charge is 0.481 e. The Kier molecular flexibility index (Phi) is 6.37. The molecule has 0 aliphatic heterocycles. The van der Waals surface area contributed by atoms with Gasteiger partial charge in [-0.25, -0.2) is 4.79 Å². The van der Waals surface area contributed by atoms with Gasteiger partial charge in [0.05, 0.1) is 0 Å². The first-order valence-electron chi connectivity index (χ1n) is 8.56. The highest BCUT2D eigenvalue weighted by atomic mass is 16.4. The fraction of sp³-hybridized carbons (Fsp3) is 0.737. The molecule has 0 spiro atoms. The van der Waals surface area contributed by atoms with Crippen molar-refractivity contribution in [1.82, 2.24) is 0 Å². The summed E-state index contributed by atoms with van der Waals surface area (Å²) in [4.78, 5) is 34.6. The quantitative estimate of drug-likeness (QED) is 0.686. The maximum Gasteiger partial charge on any atom is 0.328 e. The summed E-state index contributed by atoms with van der Waals surface area (Å²) in [5.41, 5.74) is -0.186. The summed E-state index contributed by atoms with van der Waals surface area (Å²) < 4.78 is 0. The van der Waals surface area contributed by atoms with Crippen LogP contribution in [0.5, 0.6) is 0 Å². The van der Waals surface area contributed by atoms with Gasteiger partial charge in [-0.3, -0.25) is 9.59 Å². The monoisotopic (exact) mass is 338 g/mol. The molecule has 0 aromatic carbocycles. The third-order valence-electron chi connectivity index (χ3n) is 6.40. The minimum Gasteiger partial charge on any atom is -0.481 e. The Labute approximate surface area is 144 Å². The molecule has 1 fully saturated rings. The average Bonchev–Trinajstić information content (AvgIpc) is 2.45. The number of rotatable bonds is 7. The van der Waals surface area contributed by atoms with Gasteiger partial charge in [-0.2, -0.15) is 0 Å². The normalized spacial score (nSPS) is 34.0. The van der Waals surface area contributed by atoms with E-state index in [4.69, 9.17) is 5.11 Å². The minimum absolute atomic E-state index is 0.0292.